The number of carbonyl (C=O) groups excluding carboxylic acids is 1. The molecule has 1 atom stereocenters. The number of para-hydroxylation sites is 2. The normalized spacial score (nSPS) is 19.3. The number of carbonyl (C=O) groups is 1. The molecular formula is C20H18ClN3O3S. The number of nitrogens with zero attached hydrogens (tertiary/aromatic N) is 3. The number of amides is 1. The summed E-state index contributed by atoms with van der Waals surface area (Å²) in [6, 6.07) is 14.3. The standard InChI is InChI=1S/C20H18ClN3O3S/c21-15-6-2-1-5-14(15)19-9-10-24(11-12-28(19,26)27)20(25)18-13-22-16-7-3-4-8-17(16)23-18/h1-8,13,19H,9-12H2/t19-/m1/s1. The fourth-order valence-electron chi connectivity index (χ4n) is 3.45. The number of rotatable bonds is 2. The molecule has 0 N–H and O–H groups in total. The Balaban J connectivity index is 1.60. The SMILES string of the molecule is O=C(c1cnc2ccccc2n1)N1CC[C@H](c2ccccc2Cl)S(=O)(=O)CC1. The monoisotopic (exact) mass is 415 g/mol. The Morgan fingerprint density at radius 3 is 2.54 bits per heavy atom. The summed E-state index contributed by atoms with van der Waals surface area (Å²) in [4.78, 5) is 23.1. The van der Waals surface area contributed by atoms with Crippen molar-refractivity contribution in [3.05, 3.63) is 71.0 Å². The van der Waals surface area contributed by atoms with Crippen molar-refractivity contribution in [3.8, 4) is 0 Å². The molecule has 2 heterocycles. The summed E-state index contributed by atoms with van der Waals surface area (Å²) in [5, 5.41) is -0.294. The summed E-state index contributed by atoms with van der Waals surface area (Å²) in [6.07, 6.45) is 1.73. The Kier molecular flexibility index (Phi) is 5.03. The summed E-state index contributed by atoms with van der Waals surface area (Å²) < 4.78 is 25.6. The minimum atomic E-state index is -3.43. The van der Waals surface area contributed by atoms with E-state index in [0.29, 0.717) is 34.6 Å². The van der Waals surface area contributed by atoms with Gasteiger partial charge >= 0.3 is 0 Å². The molecule has 1 aliphatic rings. The van der Waals surface area contributed by atoms with E-state index in [-0.39, 0.29) is 23.9 Å². The van der Waals surface area contributed by atoms with Gasteiger partial charge in [0, 0.05) is 18.1 Å². The van der Waals surface area contributed by atoms with Crippen molar-refractivity contribution in [2.45, 2.75) is 11.7 Å². The van der Waals surface area contributed by atoms with Crippen molar-refractivity contribution in [2.24, 2.45) is 0 Å². The molecule has 8 heteroatoms. The maximum absolute atomic E-state index is 12.9. The van der Waals surface area contributed by atoms with Crippen LogP contribution in [0.25, 0.3) is 11.0 Å². The van der Waals surface area contributed by atoms with Gasteiger partial charge in [0.15, 0.2) is 9.84 Å². The maximum Gasteiger partial charge on any atom is 0.274 e. The molecule has 144 valence electrons. The van der Waals surface area contributed by atoms with E-state index in [1.165, 1.54) is 11.1 Å². The predicted molar refractivity (Wildman–Crippen MR) is 108 cm³/mol. The topological polar surface area (TPSA) is 80.2 Å². The van der Waals surface area contributed by atoms with Gasteiger partial charge < -0.3 is 4.90 Å². The molecule has 1 amide bonds. The van der Waals surface area contributed by atoms with Crippen LogP contribution >= 0.6 is 11.6 Å². The van der Waals surface area contributed by atoms with E-state index in [1.807, 2.05) is 18.2 Å². The van der Waals surface area contributed by atoms with Crippen LogP contribution in [0, 0.1) is 0 Å². The van der Waals surface area contributed by atoms with Gasteiger partial charge in [-0.1, -0.05) is 41.9 Å². The van der Waals surface area contributed by atoms with Gasteiger partial charge in [0.05, 0.1) is 28.2 Å². The van der Waals surface area contributed by atoms with Crippen LogP contribution in [0.4, 0.5) is 0 Å². The molecule has 0 bridgehead atoms. The van der Waals surface area contributed by atoms with E-state index in [4.69, 9.17) is 11.6 Å². The molecule has 0 unspecified atom stereocenters. The highest BCUT2D eigenvalue weighted by molar-refractivity contribution is 7.91. The lowest BCUT2D eigenvalue weighted by Crippen LogP contribution is -2.34. The molecule has 1 aromatic heterocycles. The van der Waals surface area contributed by atoms with E-state index in [1.54, 1.807) is 30.3 Å². The molecule has 2 aromatic carbocycles. The molecule has 3 aromatic rings. The number of sulfone groups is 1. The van der Waals surface area contributed by atoms with Crippen LogP contribution in [0.5, 0.6) is 0 Å². The zero-order valence-electron chi connectivity index (χ0n) is 15.0. The average Bonchev–Trinajstić information content (AvgIpc) is 2.85. The van der Waals surface area contributed by atoms with E-state index >= 15 is 0 Å². The summed E-state index contributed by atoms with van der Waals surface area (Å²) in [5.41, 5.74) is 2.14. The van der Waals surface area contributed by atoms with E-state index < -0.39 is 15.1 Å². The number of hydrogen-bond acceptors (Lipinski definition) is 5. The number of benzene rings is 2. The van der Waals surface area contributed by atoms with E-state index in [2.05, 4.69) is 9.97 Å². The predicted octanol–water partition coefficient (Wildman–Crippen LogP) is 3.29. The first kappa shape index (κ1) is 18.8. The van der Waals surface area contributed by atoms with Crippen LogP contribution in [0.3, 0.4) is 0 Å². The average molecular weight is 416 g/mol. The second-order valence-corrected chi connectivity index (χ2v) is 9.41. The third kappa shape index (κ3) is 3.59. The van der Waals surface area contributed by atoms with Gasteiger partial charge in [0.25, 0.3) is 5.91 Å². The van der Waals surface area contributed by atoms with Gasteiger partial charge in [-0.15, -0.1) is 0 Å². The Morgan fingerprint density at radius 2 is 1.75 bits per heavy atom. The third-order valence-electron chi connectivity index (χ3n) is 4.95. The molecule has 0 spiro atoms. The highest BCUT2D eigenvalue weighted by atomic mass is 35.5. The Bertz CT molecular complexity index is 1150. The Morgan fingerprint density at radius 1 is 1.04 bits per heavy atom. The molecule has 0 radical (unpaired) electrons. The molecular weight excluding hydrogens is 398 g/mol. The number of aromatic nitrogens is 2. The minimum Gasteiger partial charge on any atom is -0.336 e. The summed E-state index contributed by atoms with van der Waals surface area (Å²) >= 11 is 6.23. The molecule has 4 rings (SSSR count). The van der Waals surface area contributed by atoms with Gasteiger partial charge in [-0.25, -0.2) is 13.4 Å². The number of fused-ring (bicyclic) bond motifs is 1. The van der Waals surface area contributed by atoms with Crippen molar-refractivity contribution in [1.82, 2.24) is 14.9 Å². The Labute approximate surface area is 168 Å². The molecule has 1 saturated heterocycles. The van der Waals surface area contributed by atoms with Crippen molar-refractivity contribution in [3.63, 3.8) is 0 Å². The van der Waals surface area contributed by atoms with Gasteiger partial charge in [0.1, 0.15) is 5.69 Å². The summed E-state index contributed by atoms with van der Waals surface area (Å²) in [6.45, 7) is 0.430. The molecule has 1 fully saturated rings. The molecule has 0 aliphatic carbocycles. The third-order valence-corrected chi connectivity index (χ3v) is 7.40. The summed E-state index contributed by atoms with van der Waals surface area (Å²) in [7, 11) is -3.43. The highest BCUT2D eigenvalue weighted by Crippen LogP contribution is 2.34. The lowest BCUT2D eigenvalue weighted by molar-refractivity contribution is 0.0760. The summed E-state index contributed by atoms with van der Waals surface area (Å²) in [5.74, 6) is -0.427. The first-order valence-electron chi connectivity index (χ1n) is 8.93. The lowest BCUT2D eigenvalue weighted by atomic mass is 10.1. The van der Waals surface area contributed by atoms with Crippen LogP contribution in [0.2, 0.25) is 5.02 Å². The van der Waals surface area contributed by atoms with Crippen molar-refractivity contribution < 1.29 is 13.2 Å². The van der Waals surface area contributed by atoms with Crippen molar-refractivity contribution in [2.75, 3.05) is 18.8 Å². The first-order chi connectivity index (χ1) is 13.5. The van der Waals surface area contributed by atoms with Crippen LogP contribution in [0.1, 0.15) is 27.7 Å². The van der Waals surface area contributed by atoms with Gasteiger partial charge in [0.2, 0.25) is 0 Å². The second kappa shape index (κ2) is 7.48. The zero-order valence-corrected chi connectivity index (χ0v) is 16.5. The van der Waals surface area contributed by atoms with E-state index in [9.17, 15) is 13.2 Å². The smallest absolute Gasteiger partial charge is 0.274 e. The largest absolute Gasteiger partial charge is 0.336 e. The minimum absolute atomic E-state index is 0.115. The molecule has 0 saturated carbocycles. The fourth-order valence-corrected chi connectivity index (χ4v) is 5.60. The molecule has 1 aliphatic heterocycles. The van der Waals surface area contributed by atoms with Crippen molar-refractivity contribution >= 4 is 38.4 Å². The Hall–Kier alpha value is -2.51. The fraction of sp³-hybridized carbons (Fsp3) is 0.250. The lowest BCUT2D eigenvalue weighted by Gasteiger charge is -2.19. The van der Waals surface area contributed by atoms with Gasteiger partial charge in [-0.2, -0.15) is 0 Å². The zero-order chi connectivity index (χ0) is 19.7. The number of halogens is 1. The van der Waals surface area contributed by atoms with Crippen LogP contribution in [0.15, 0.2) is 54.7 Å². The highest BCUT2D eigenvalue weighted by Gasteiger charge is 2.34. The van der Waals surface area contributed by atoms with Crippen LogP contribution in [-0.4, -0.2) is 48.0 Å². The quantitative estimate of drug-likeness (QED) is 0.641. The van der Waals surface area contributed by atoms with Crippen molar-refractivity contribution in [1.29, 1.82) is 0 Å². The van der Waals surface area contributed by atoms with Gasteiger partial charge in [-0.05, 0) is 30.2 Å². The van der Waals surface area contributed by atoms with Gasteiger partial charge in [-0.3, -0.25) is 9.78 Å². The van der Waals surface area contributed by atoms with E-state index in [0.717, 1.165) is 0 Å². The maximum atomic E-state index is 12.9. The van der Waals surface area contributed by atoms with Crippen LogP contribution in [-0.2, 0) is 9.84 Å². The molecule has 6 nitrogen and oxygen atoms in total. The number of hydrogen-bond donors (Lipinski definition) is 0. The second-order valence-electron chi connectivity index (χ2n) is 6.70. The molecule has 28 heavy (non-hydrogen) atoms. The first-order valence-corrected chi connectivity index (χ1v) is 11.0. The van der Waals surface area contributed by atoms with Crippen LogP contribution < -0.4 is 0 Å².